The largest absolute Gasteiger partial charge is 0.310 e. The van der Waals surface area contributed by atoms with Crippen LogP contribution in [-0.4, -0.2) is 4.57 Å². The van der Waals surface area contributed by atoms with E-state index in [-0.39, 0.29) is 5.92 Å². The molecule has 0 amide bonds. The van der Waals surface area contributed by atoms with Crippen LogP contribution in [0.5, 0.6) is 0 Å². The van der Waals surface area contributed by atoms with Crippen LogP contribution in [0.1, 0.15) is 17.9 Å². The summed E-state index contributed by atoms with van der Waals surface area (Å²) >= 11 is 0. The van der Waals surface area contributed by atoms with Crippen LogP contribution in [0.3, 0.4) is 0 Å². The number of fused-ring (bicyclic) bond motifs is 4. The highest BCUT2D eigenvalue weighted by molar-refractivity contribution is 6.09. The van der Waals surface area contributed by atoms with E-state index in [1.807, 2.05) is 0 Å². The summed E-state index contributed by atoms with van der Waals surface area (Å²) in [5.74, 6) is 0.115. The van der Waals surface area contributed by atoms with Crippen molar-refractivity contribution in [2.45, 2.75) is 12.3 Å². The summed E-state index contributed by atoms with van der Waals surface area (Å²) in [6.07, 6.45) is 8.10. The molecule has 312 valence electrons. The molecule has 1 aliphatic rings. The summed E-state index contributed by atoms with van der Waals surface area (Å²) in [6.45, 7) is 0. The maximum absolute atomic E-state index is 2.49. The Balaban J connectivity index is 1.02. The molecule has 0 bridgehead atoms. The fourth-order valence-electron chi connectivity index (χ4n) is 10.3. The van der Waals surface area contributed by atoms with Crippen LogP contribution in [0, 0.1) is 0 Å². The van der Waals surface area contributed by atoms with Crippen LogP contribution in [0.15, 0.2) is 267 Å². The van der Waals surface area contributed by atoms with Gasteiger partial charge in [0.25, 0.3) is 0 Å². The van der Waals surface area contributed by atoms with Crippen molar-refractivity contribution >= 4 is 44.0 Å². The van der Waals surface area contributed by atoms with Gasteiger partial charge in [-0.1, -0.05) is 212 Å². The molecule has 0 aliphatic heterocycles. The van der Waals surface area contributed by atoms with Crippen molar-refractivity contribution in [2.75, 3.05) is 4.90 Å². The maximum Gasteiger partial charge on any atom is 0.0541 e. The Hall–Kier alpha value is -8.46. The van der Waals surface area contributed by atoms with Crippen molar-refractivity contribution in [1.82, 2.24) is 4.57 Å². The average molecular weight is 843 g/mol. The molecule has 1 aliphatic carbocycles. The van der Waals surface area contributed by atoms with E-state index in [1.165, 1.54) is 88.3 Å². The van der Waals surface area contributed by atoms with E-state index in [0.717, 1.165) is 23.5 Å². The highest BCUT2D eigenvalue weighted by Crippen LogP contribution is 2.46. The van der Waals surface area contributed by atoms with E-state index >= 15 is 0 Å². The number of hydrogen-bond donors (Lipinski definition) is 0. The van der Waals surface area contributed by atoms with Crippen LogP contribution in [0.25, 0.3) is 82.8 Å². The third-order valence-electron chi connectivity index (χ3n) is 13.4. The molecule has 1 heterocycles. The Morgan fingerprint density at radius 2 is 0.924 bits per heavy atom. The average Bonchev–Trinajstić information content (AvgIpc) is 3.74. The molecule has 1 unspecified atom stereocenters. The van der Waals surface area contributed by atoms with Crippen molar-refractivity contribution in [3.05, 3.63) is 272 Å². The van der Waals surface area contributed by atoms with E-state index in [0.29, 0.717) is 0 Å². The molecule has 0 saturated carbocycles. The van der Waals surface area contributed by atoms with E-state index in [2.05, 4.69) is 270 Å². The molecular weight excluding hydrogens is 797 g/mol. The lowest BCUT2D eigenvalue weighted by Crippen LogP contribution is -2.18. The summed E-state index contributed by atoms with van der Waals surface area (Å²) in [5.41, 5.74) is 18.0. The van der Waals surface area contributed by atoms with Crippen molar-refractivity contribution in [3.63, 3.8) is 0 Å². The monoisotopic (exact) mass is 842 g/mol. The van der Waals surface area contributed by atoms with Crippen LogP contribution < -0.4 is 4.90 Å². The smallest absolute Gasteiger partial charge is 0.0541 e. The van der Waals surface area contributed by atoms with Gasteiger partial charge in [0.1, 0.15) is 0 Å². The first-order valence-electron chi connectivity index (χ1n) is 23.0. The third kappa shape index (κ3) is 7.01. The number of aromatic nitrogens is 1. The summed E-state index contributed by atoms with van der Waals surface area (Å²) in [4.78, 5) is 2.47. The van der Waals surface area contributed by atoms with Crippen molar-refractivity contribution in [2.24, 2.45) is 0 Å². The molecular formula is C64H46N2. The lowest BCUT2D eigenvalue weighted by atomic mass is 9.84. The van der Waals surface area contributed by atoms with E-state index in [9.17, 15) is 0 Å². The number of rotatable bonds is 9. The van der Waals surface area contributed by atoms with Crippen LogP contribution >= 0.6 is 0 Å². The van der Waals surface area contributed by atoms with Gasteiger partial charge in [-0.3, -0.25) is 0 Å². The Morgan fingerprint density at radius 3 is 1.59 bits per heavy atom. The van der Waals surface area contributed by atoms with Gasteiger partial charge < -0.3 is 9.47 Å². The standard InChI is InChI=1S/C64H46N2/c1-4-18-45(19-5-1)51-38-43-62(59(44-51)48-22-8-3-9-23-48)65(52-39-34-49(35-40-52)55-29-16-25-46-24-10-11-26-54(46)55)53-41-36-50(37-42-53)64-56(47-20-6-2-7-21-47)30-17-33-63(64)66-60-31-14-12-27-57(60)58-28-13-15-32-61(58)66/h1-36,38-44,50H,37H2. The maximum atomic E-state index is 2.49. The first-order valence-corrected chi connectivity index (χ1v) is 23.0. The van der Waals surface area contributed by atoms with Gasteiger partial charge >= 0.3 is 0 Å². The van der Waals surface area contributed by atoms with Crippen LogP contribution in [-0.2, 0) is 0 Å². The minimum Gasteiger partial charge on any atom is -0.310 e. The SMILES string of the molecule is C1=CC(c2c(-c3ccccc3)cccc2-n2c3ccccc3c3ccccc32)CC=C1N(c1ccc(-c2cccc3ccccc23)cc1)c1ccc(-c2ccccc2)cc1-c1ccccc1. The Morgan fingerprint density at radius 1 is 0.394 bits per heavy atom. The summed E-state index contributed by atoms with van der Waals surface area (Å²) in [5, 5.41) is 5.03. The topological polar surface area (TPSA) is 8.17 Å². The molecule has 0 fully saturated rings. The number of para-hydroxylation sites is 2. The van der Waals surface area contributed by atoms with Crippen LogP contribution in [0.4, 0.5) is 11.4 Å². The van der Waals surface area contributed by atoms with Crippen molar-refractivity contribution < 1.29 is 0 Å². The molecule has 1 aromatic heterocycles. The Bertz CT molecular complexity index is 3540. The second-order valence-electron chi connectivity index (χ2n) is 17.2. The zero-order valence-electron chi connectivity index (χ0n) is 36.5. The summed E-state index contributed by atoms with van der Waals surface area (Å²) in [6, 6.07) is 88.3. The lowest BCUT2D eigenvalue weighted by molar-refractivity contribution is 0.833. The molecule has 12 rings (SSSR count). The van der Waals surface area contributed by atoms with Crippen molar-refractivity contribution in [1.29, 1.82) is 0 Å². The van der Waals surface area contributed by atoms with E-state index < -0.39 is 0 Å². The number of allylic oxidation sites excluding steroid dienone is 3. The molecule has 11 aromatic rings. The predicted molar refractivity (Wildman–Crippen MR) is 280 cm³/mol. The van der Waals surface area contributed by atoms with Gasteiger partial charge in [-0.2, -0.15) is 0 Å². The van der Waals surface area contributed by atoms with Gasteiger partial charge in [0.05, 0.1) is 22.4 Å². The molecule has 1 atom stereocenters. The number of hydrogen-bond acceptors (Lipinski definition) is 1. The molecule has 0 N–H and O–H groups in total. The van der Waals surface area contributed by atoms with Gasteiger partial charge in [-0.05, 0) is 110 Å². The highest BCUT2D eigenvalue weighted by atomic mass is 15.1. The minimum atomic E-state index is 0.115. The van der Waals surface area contributed by atoms with Gasteiger partial charge in [0.2, 0.25) is 0 Å². The van der Waals surface area contributed by atoms with E-state index in [1.54, 1.807) is 0 Å². The Kier molecular flexibility index (Phi) is 10.0. The molecule has 2 nitrogen and oxygen atoms in total. The molecule has 0 spiro atoms. The second kappa shape index (κ2) is 16.9. The number of anilines is 2. The molecule has 0 radical (unpaired) electrons. The normalized spacial score (nSPS) is 13.6. The number of nitrogens with zero attached hydrogens (tertiary/aromatic N) is 2. The third-order valence-corrected chi connectivity index (χ3v) is 13.4. The van der Waals surface area contributed by atoms with E-state index in [4.69, 9.17) is 0 Å². The fraction of sp³-hybridized carbons (Fsp3) is 0.0312. The highest BCUT2D eigenvalue weighted by Gasteiger charge is 2.26. The van der Waals surface area contributed by atoms with Gasteiger partial charge in [-0.25, -0.2) is 0 Å². The molecule has 10 aromatic carbocycles. The first-order chi connectivity index (χ1) is 32.8. The predicted octanol–water partition coefficient (Wildman–Crippen LogP) is 17.4. The molecule has 0 saturated heterocycles. The molecule has 2 heteroatoms. The molecule has 66 heavy (non-hydrogen) atoms. The minimum absolute atomic E-state index is 0.115. The fourth-order valence-corrected chi connectivity index (χ4v) is 10.3. The Labute approximate surface area is 386 Å². The van der Waals surface area contributed by atoms with Gasteiger partial charge in [-0.15, -0.1) is 0 Å². The quantitative estimate of drug-likeness (QED) is 0.141. The van der Waals surface area contributed by atoms with Gasteiger partial charge in [0, 0.05) is 33.6 Å². The van der Waals surface area contributed by atoms with Crippen molar-refractivity contribution in [3.8, 4) is 50.2 Å². The zero-order valence-corrected chi connectivity index (χ0v) is 36.5. The number of benzene rings is 10. The lowest BCUT2D eigenvalue weighted by Gasteiger charge is -2.32. The van der Waals surface area contributed by atoms with Crippen LogP contribution in [0.2, 0.25) is 0 Å². The van der Waals surface area contributed by atoms with Gasteiger partial charge in [0.15, 0.2) is 0 Å². The summed E-state index contributed by atoms with van der Waals surface area (Å²) < 4.78 is 2.49. The summed E-state index contributed by atoms with van der Waals surface area (Å²) in [7, 11) is 0. The second-order valence-corrected chi connectivity index (χ2v) is 17.2. The first kappa shape index (κ1) is 39.2. The zero-order chi connectivity index (χ0) is 43.8.